The Hall–Kier alpha value is -2.63. The molecule has 0 radical (unpaired) electrons. The molecule has 0 fully saturated rings. The zero-order chi connectivity index (χ0) is 19.9. The second kappa shape index (κ2) is 9.01. The molecule has 0 aliphatic heterocycles. The molecule has 0 saturated carbocycles. The van der Waals surface area contributed by atoms with Gasteiger partial charge in [-0.25, -0.2) is 8.78 Å². The molecule has 0 spiro atoms. The smallest absolute Gasteiger partial charge is 0.394 e. The molecule has 25 heavy (non-hydrogen) atoms. The molecule has 0 heterocycles. The minimum atomic E-state index is -4.67. The number of hydrogen-bond donors (Lipinski definition) is 6. The molecular weight excluding hydrogens is 362 g/mol. The predicted molar refractivity (Wildman–Crippen MR) is 88.6 cm³/mol. The molecule has 0 atom stereocenters. The van der Waals surface area contributed by atoms with Crippen molar-refractivity contribution in [1.29, 1.82) is 0 Å². The molecule has 140 valence electrons. The summed E-state index contributed by atoms with van der Waals surface area (Å²) in [5.74, 6) is -0.927. The van der Waals surface area contributed by atoms with Crippen LogP contribution < -0.4 is 11.5 Å². The van der Waals surface area contributed by atoms with E-state index in [9.17, 15) is 8.78 Å². The second-order valence-electron chi connectivity index (χ2n) is 4.77. The van der Waals surface area contributed by atoms with Gasteiger partial charge in [-0.15, -0.1) is 0 Å². The van der Waals surface area contributed by atoms with Crippen LogP contribution in [0.25, 0.3) is 0 Å². The number of nitrogens with two attached hydrogens (primary N) is 2. The van der Waals surface area contributed by atoms with Crippen LogP contribution in [0, 0.1) is 25.5 Å². The highest BCUT2D eigenvalue weighted by molar-refractivity contribution is 7.79. The fourth-order valence-corrected chi connectivity index (χ4v) is 1.35. The van der Waals surface area contributed by atoms with Gasteiger partial charge in [-0.3, -0.25) is 9.11 Å². The quantitative estimate of drug-likeness (QED) is 0.299. The SMILES string of the molecule is Cc1cc(F)c(N)cc1O.Cc1cc(F)c(N)cc1O.O=S(=O)(O)O. The van der Waals surface area contributed by atoms with Crippen molar-refractivity contribution >= 4 is 21.8 Å². The van der Waals surface area contributed by atoms with Crippen LogP contribution in [0.2, 0.25) is 0 Å². The van der Waals surface area contributed by atoms with Gasteiger partial charge in [-0.1, -0.05) is 0 Å². The van der Waals surface area contributed by atoms with Gasteiger partial charge in [0.1, 0.15) is 23.1 Å². The Morgan fingerprint density at radius 1 is 0.800 bits per heavy atom. The van der Waals surface area contributed by atoms with E-state index >= 15 is 0 Å². The molecule has 0 aliphatic rings. The number of phenols is 2. The summed E-state index contributed by atoms with van der Waals surface area (Å²) in [4.78, 5) is 0. The Kier molecular flexibility index (Phi) is 8.06. The molecule has 8 nitrogen and oxygen atoms in total. The Labute approximate surface area is 142 Å². The summed E-state index contributed by atoms with van der Waals surface area (Å²) in [6.07, 6.45) is 0. The van der Waals surface area contributed by atoms with E-state index < -0.39 is 22.0 Å². The van der Waals surface area contributed by atoms with Gasteiger partial charge in [-0.05, 0) is 37.1 Å². The van der Waals surface area contributed by atoms with Gasteiger partial charge in [0.05, 0.1) is 11.4 Å². The van der Waals surface area contributed by atoms with Crippen LogP contribution >= 0.6 is 0 Å². The fourth-order valence-electron chi connectivity index (χ4n) is 1.35. The highest BCUT2D eigenvalue weighted by Crippen LogP contribution is 2.22. The van der Waals surface area contributed by atoms with E-state index in [-0.39, 0.29) is 22.9 Å². The van der Waals surface area contributed by atoms with E-state index in [1.54, 1.807) is 13.8 Å². The van der Waals surface area contributed by atoms with Crippen molar-refractivity contribution in [2.45, 2.75) is 13.8 Å². The first-order chi connectivity index (χ1) is 11.2. The molecule has 0 unspecified atom stereocenters. The van der Waals surface area contributed by atoms with Crippen LogP contribution in [-0.4, -0.2) is 27.7 Å². The third-order valence-corrected chi connectivity index (χ3v) is 2.63. The van der Waals surface area contributed by atoms with E-state index in [1.807, 2.05) is 0 Å². The normalized spacial score (nSPS) is 10.2. The number of halogens is 2. The summed E-state index contributed by atoms with van der Waals surface area (Å²) in [7, 11) is -4.67. The maximum atomic E-state index is 12.5. The fraction of sp³-hybridized carbons (Fsp3) is 0.143. The maximum absolute atomic E-state index is 12.5. The summed E-state index contributed by atoms with van der Waals surface area (Å²) in [6, 6.07) is 4.80. The van der Waals surface area contributed by atoms with Crippen LogP contribution in [0.4, 0.5) is 20.2 Å². The van der Waals surface area contributed by atoms with Crippen molar-refractivity contribution in [3.05, 3.63) is 47.0 Å². The molecule has 0 bridgehead atoms. The van der Waals surface area contributed by atoms with Crippen molar-refractivity contribution < 1.29 is 36.5 Å². The molecule has 0 amide bonds. The van der Waals surface area contributed by atoms with Crippen molar-refractivity contribution in [3.63, 3.8) is 0 Å². The lowest BCUT2D eigenvalue weighted by Gasteiger charge is -2.00. The van der Waals surface area contributed by atoms with E-state index in [2.05, 4.69) is 0 Å². The first-order valence-corrected chi connectivity index (χ1v) is 7.81. The molecule has 8 N–H and O–H groups in total. The third-order valence-electron chi connectivity index (χ3n) is 2.63. The number of nitrogen functional groups attached to an aromatic ring is 2. The highest BCUT2D eigenvalue weighted by atomic mass is 32.3. The van der Waals surface area contributed by atoms with Crippen LogP contribution in [-0.2, 0) is 10.4 Å². The van der Waals surface area contributed by atoms with Crippen LogP contribution in [0.1, 0.15) is 11.1 Å². The Balaban J connectivity index is 0.000000368. The number of rotatable bonds is 0. The molecule has 2 rings (SSSR count). The zero-order valence-electron chi connectivity index (χ0n) is 13.2. The van der Waals surface area contributed by atoms with Crippen LogP contribution in [0.15, 0.2) is 24.3 Å². The van der Waals surface area contributed by atoms with Crippen LogP contribution in [0.3, 0.4) is 0 Å². The summed E-state index contributed by atoms with van der Waals surface area (Å²) in [6.45, 7) is 3.22. The predicted octanol–water partition coefficient (Wildman–Crippen LogP) is 2.19. The van der Waals surface area contributed by atoms with Crippen molar-refractivity contribution in [2.75, 3.05) is 11.5 Å². The van der Waals surface area contributed by atoms with Crippen LogP contribution in [0.5, 0.6) is 11.5 Å². The van der Waals surface area contributed by atoms with Gasteiger partial charge in [0.25, 0.3) is 0 Å². The second-order valence-corrected chi connectivity index (χ2v) is 5.66. The molecule has 0 saturated heterocycles. The third kappa shape index (κ3) is 9.30. The lowest BCUT2D eigenvalue weighted by molar-refractivity contribution is 0.381. The Morgan fingerprint density at radius 3 is 1.24 bits per heavy atom. The van der Waals surface area contributed by atoms with Gasteiger partial charge >= 0.3 is 10.4 Å². The number of hydrogen-bond acceptors (Lipinski definition) is 6. The molecule has 2 aromatic rings. The standard InChI is InChI=1S/2C7H8FNO.H2O4S/c2*1-4-2-5(8)6(9)3-7(4)10;1-5(2,3)4/h2*2-3,10H,9H2,1H3;(H2,1,2,3,4). The van der Waals surface area contributed by atoms with Gasteiger partial charge in [0.15, 0.2) is 0 Å². The molecule has 2 aromatic carbocycles. The van der Waals surface area contributed by atoms with Gasteiger partial charge < -0.3 is 21.7 Å². The Bertz CT molecular complexity index is 680. The minimum Gasteiger partial charge on any atom is -0.508 e. The lowest BCUT2D eigenvalue weighted by atomic mass is 10.2. The number of phenolic OH excluding ortho intramolecular Hbond substituents is 2. The van der Waals surface area contributed by atoms with E-state index in [4.69, 9.17) is 39.2 Å². The first-order valence-electron chi connectivity index (χ1n) is 6.41. The molecule has 0 aromatic heterocycles. The van der Waals surface area contributed by atoms with E-state index in [0.717, 1.165) is 0 Å². The van der Waals surface area contributed by atoms with E-state index in [0.29, 0.717) is 11.1 Å². The average molecular weight is 380 g/mol. The Morgan fingerprint density at radius 2 is 1.04 bits per heavy atom. The average Bonchev–Trinajstić information content (AvgIpc) is 2.42. The topological polar surface area (TPSA) is 167 Å². The van der Waals surface area contributed by atoms with Crippen molar-refractivity contribution in [1.82, 2.24) is 0 Å². The number of aryl methyl sites for hydroxylation is 2. The highest BCUT2D eigenvalue weighted by Gasteiger charge is 2.02. The number of aromatic hydroxyl groups is 2. The van der Waals surface area contributed by atoms with E-state index in [1.165, 1.54) is 24.3 Å². The summed E-state index contributed by atoms with van der Waals surface area (Å²) in [5.41, 5.74) is 11.2. The summed E-state index contributed by atoms with van der Waals surface area (Å²) in [5, 5.41) is 18.0. The largest absolute Gasteiger partial charge is 0.508 e. The molecule has 0 aliphatic carbocycles. The number of benzene rings is 2. The first kappa shape index (κ1) is 22.4. The summed E-state index contributed by atoms with van der Waals surface area (Å²) < 4.78 is 56.6. The van der Waals surface area contributed by atoms with Gasteiger partial charge in [0.2, 0.25) is 0 Å². The van der Waals surface area contributed by atoms with Crippen molar-refractivity contribution in [2.24, 2.45) is 0 Å². The van der Waals surface area contributed by atoms with Crippen molar-refractivity contribution in [3.8, 4) is 11.5 Å². The number of anilines is 2. The zero-order valence-corrected chi connectivity index (χ0v) is 14.1. The summed E-state index contributed by atoms with van der Waals surface area (Å²) >= 11 is 0. The molecule has 11 heteroatoms. The molecular formula is C14H18F2N2O6S. The van der Waals surface area contributed by atoms with Gasteiger partial charge in [0, 0.05) is 12.1 Å². The minimum absolute atomic E-state index is 0.0249. The van der Waals surface area contributed by atoms with Gasteiger partial charge in [-0.2, -0.15) is 8.42 Å². The maximum Gasteiger partial charge on any atom is 0.394 e. The lowest BCUT2D eigenvalue weighted by Crippen LogP contribution is -1.90. The monoisotopic (exact) mass is 380 g/mol.